The lowest BCUT2D eigenvalue weighted by molar-refractivity contribution is -0.129. The summed E-state index contributed by atoms with van der Waals surface area (Å²) >= 11 is 9.24. The van der Waals surface area contributed by atoms with Gasteiger partial charge in [-0.2, -0.15) is 0 Å². The Balaban J connectivity index is 1.53. The predicted molar refractivity (Wildman–Crippen MR) is 122 cm³/mol. The zero-order chi connectivity index (χ0) is 22.0. The van der Waals surface area contributed by atoms with Gasteiger partial charge >= 0.3 is 11.9 Å². The third-order valence-corrected chi connectivity index (χ3v) is 5.33. The largest absolute Gasteiger partial charge is 0.422 e. The van der Waals surface area contributed by atoms with Gasteiger partial charge < -0.3 is 9.47 Å². The van der Waals surface area contributed by atoms with Gasteiger partial charge in [0.05, 0.1) is 10.0 Å². The van der Waals surface area contributed by atoms with Gasteiger partial charge in [-0.3, -0.25) is 0 Å². The molecule has 0 N–H and O–H groups in total. The van der Waals surface area contributed by atoms with E-state index in [0.717, 1.165) is 11.1 Å². The number of aryl methyl sites for hydroxylation is 1. The number of ether oxygens (including phenoxy) is 2. The second-order valence-corrected chi connectivity index (χ2v) is 8.08. The highest BCUT2D eigenvalue weighted by Crippen LogP contribution is 2.29. The molecule has 7 heteroatoms. The van der Waals surface area contributed by atoms with Gasteiger partial charge in [-0.1, -0.05) is 35.4 Å². The summed E-state index contributed by atoms with van der Waals surface area (Å²) in [6.07, 6.45) is 1.61. The fourth-order valence-electron chi connectivity index (χ4n) is 2.82. The molecule has 4 rings (SSSR count). The standard InChI is InChI=1S/C24H15BrClNO4/c1-14-2-5-16(6-3-14)22-27-20(24(29)31-22)13-15-4-11-21(19(25)12-15)30-23(28)17-7-9-18(26)10-8-17/h2-13H,1H3/b20-13+. The Morgan fingerprint density at radius 1 is 1.06 bits per heavy atom. The molecule has 0 amide bonds. The van der Waals surface area contributed by atoms with E-state index >= 15 is 0 Å². The summed E-state index contributed by atoms with van der Waals surface area (Å²) in [6, 6.07) is 19.1. The molecule has 1 heterocycles. The molecule has 1 aliphatic rings. The molecule has 0 bridgehead atoms. The Hall–Kier alpha value is -3.22. The van der Waals surface area contributed by atoms with Crippen molar-refractivity contribution in [3.63, 3.8) is 0 Å². The summed E-state index contributed by atoms with van der Waals surface area (Å²) in [4.78, 5) is 28.8. The molecule has 5 nitrogen and oxygen atoms in total. The molecule has 0 aromatic heterocycles. The zero-order valence-electron chi connectivity index (χ0n) is 16.3. The van der Waals surface area contributed by atoms with Crippen LogP contribution in [-0.4, -0.2) is 17.8 Å². The first-order valence-corrected chi connectivity index (χ1v) is 10.4. The van der Waals surface area contributed by atoms with E-state index in [9.17, 15) is 9.59 Å². The summed E-state index contributed by atoms with van der Waals surface area (Å²) in [5.41, 5.74) is 3.10. The van der Waals surface area contributed by atoms with Crippen LogP contribution in [0.15, 0.2) is 81.9 Å². The van der Waals surface area contributed by atoms with Crippen LogP contribution in [0, 0.1) is 6.92 Å². The van der Waals surface area contributed by atoms with Gasteiger partial charge in [0.15, 0.2) is 5.70 Å². The highest BCUT2D eigenvalue weighted by Gasteiger charge is 2.24. The molecule has 154 valence electrons. The van der Waals surface area contributed by atoms with Gasteiger partial charge in [0.1, 0.15) is 5.75 Å². The number of halogens is 2. The summed E-state index contributed by atoms with van der Waals surface area (Å²) in [6.45, 7) is 1.98. The molecule has 0 aliphatic carbocycles. The minimum atomic E-state index is -0.523. The second kappa shape index (κ2) is 8.88. The first-order valence-electron chi connectivity index (χ1n) is 9.26. The van der Waals surface area contributed by atoms with E-state index in [-0.39, 0.29) is 11.6 Å². The van der Waals surface area contributed by atoms with Crippen molar-refractivity contribution in [1.82, 2.24) is 0 Å². The third-order valence-electron chi connectivity index (χ3n) is 4.46. The van der Waals surface area contributed by atoms with E-state index in [1.807, 2.05) is 31.2 Å². The van der Waals surface area contributed by atoms with Crippen LogP contribution in [-0.2, 0) is 9.53 Å². The maximum atomic E-state index is 12.3. The van der Waals surface area contributed by atoms with Crippen molar-refractivity contribution >= 4 is 51.4 Å². The first-order chi connectivity index (χ1) is 14.9. The van der Waals surface area contributed by atoms with Crippen molar-refractivity contribution in [2.75, 3.05) is 0 Å². The van der Waals surface area contributed by atoms with Gasteiger partial charge in [-0.25, -0.2) is 14.6 Å². The molecule has 0 fully saturated rings. The second-order valence-electron chi connectivity index (χ2n) is 6.79. The summed E-state index contributed by atoms with van der Waals surface area (Å²) in [5.74, 6) is -0.413. The Bertz CT molecular complexity index is 1230. The van der Waals surface area contributed by atoms with Crippen LogP contribution in [0.3, 0.4) is 0 Å². The number of carbonyl (C=O) groups excluding carboxylic acids is 2. The average Bonchev–Trinajstić information content (AvgIpc) is 3.11. The van der Waals surface area contributed by atoms with Crippen LogP contribution < -0.4 is 4.74 Å². The van der Waals surface area contributed by atoms with E-state index in [1.54, 1.807) is 48.5 Å². The molecule has 0 saturated carbocycles. The lowest BCUT2D eigenvalue weighted by Crippen LogP contribution is -2.08. The molecule has 0 spiro atoms. The van der Waals surface area contributed by atoms with Crippen molar-refractivity contribution in [2.45, 2.75) is 6.92 Å². The maximum Gasteiger partial charge on any atom is 0.363 e. The fourth-order valence-corrected chi connectivity index (χ4v) is 3.42. The lowest BCUT2D eigenvalue weighted by Gasteiger charge is -2.07. The van der Waals surface area contributed by atoms with Crippen molar-refractivity contribution in [1.29, 1.82) is 0 Å². The van der Waals surface area contributed by atoms with Gasteiger partial charge in [0, 0.05) is 10.6 Å². The van der Waals surface area contributed by atoms with Crippen molar-refractivity contribution in [3.8, 4) is 5.75 Å². The monoisotopic (exact) mass is 495 g/mol. The number of esters is 2. The van der Waals surface area contributed by atoms with Crippen LogP contribution in [0.25, 0.3) is 6.08 Å². The first kappa shape index (κ1) is 21.0. The van der Waals surface area contributed by atoms with E-state index in [1.165, 1.54) is 0 Å². The quantitative estimate of drug-likeness (QED) is 0.253. The number of benzene rings is 3. The predicted octanol–water partition coefficient (Wildman–Crippen LogP) is 5.97. The van der Waals surface area contributed by atoms with Gasteiger partial charge in [-0.15, -0.1) is 0 Å². The minimum Gasteiger partial charge on any atom is -0.422 e. The van der Waals surface area contributed by atoms with E-state index in [0.29, 0.717) is 26.4 Å². The number of rotatable bonds is 4. The Morgan fingerprint density at radius 2 is 1.77 bits per heavy atom. The average molecular weight is 497 g/mol. The maximum absolute atomic E-state index is 12.3. The molecular formula is C24H15BrClNO4. The van der Waals surface area contributed by atoms with Gasteiger partial charge in [0.2, 0.25) is 5.90 Å². The van der Waals surface area contributed by atoms with E-state index < -0.39 is 11.9 Å². The van der Waals surface area contributed by atoms with Crippen molar-refractivity contribution < 1.29 is 19.1 Å². The number of hydrogen-bond donors (Lipinski definition) is 0. The molecule has 0 unspecified atom stereocenters. The van der Waals surface area contributed by atoms with E-state index in [2.05, 4.69) is 20.9 Å². The summed E-state index contributed by atoms with van der Waals surface area (Å²) in [7, 11) is 0. The van der Waals surface area contributed by atoms with Gasteiger partial charge in [0.25, 0.3) is 0 Å². The number of carbonyl (C=O) groups is 2. The molecule has 0 radical (unpaired) electrons. The number of cyclic esters (lactones) is 1. The normalized spacial score (nSPS) is 14.4. The molecule has 3 aromatic carbocycles. The molecular weight excluding hydrogens is 482 g/mol. The molecule has 31 heavy (non-hydrogen) atoms. The highest BCUT2D eigenvalue weighted by atomic mass is 79.9. The van der Waals surface area contributed by atoms with Crippen LogP contribution in [0.1, 0.15) is 27.0 Å². The SMILES string of the molecule is Cc1ccc(C2=N/C(=C/c3ccc(OC(=O)c4ccc(Cl)cc4)c(Br)c3)C(=O)O2)cc1. The topological polar surface area (TPSA) is 65.0 Å². The molecule has 3 aromatic rings. The lowest BCUT2D eigenvalue weighted by atomic mass is 10.1. The molecule has 1 aliphatic heterocycles. The minimum absolute atomic E-state index is 0.188. The zero-order valence-corrected chi connectivity index (χ0v) is 18.6. The summed E-state index contributed by atoms with van der Waals surface area (Å²) < 4.78 is 11.3. The van der Waals surface area contributed by atoms with Gasteiger partial charge in [-0.05, 0) is 83.0 Å². The Kier molecular flexibility index (Phi) is 6.02. The van der Waals surface area contributed by atoms with Crippen molar-refractivity contribution in [2.24, 2.45) is 4.99 Å². The van der Waals surface area contributed by atoms with E-state index in [4.69, 9.17) is 21.1 Å². The van der Waals surface area contributed by atoms with Crippen LogP contribution in [0.5, 0.6) is 5.75 Å². The fraction of sp³-hybridized carbons (Fsp3) is 0.0417. The molecule has 0 atom stereocenters. The van der Waals surface area contributed by atoms with Crippen LogP contribution in [0.2, 0.25) is 5.02 Å². The number of nitrogens with zero attached hydrogens (tertiary/aromatic N) is 1. The van der Waals surface area contributed by atoms with Crippen LogP contribution in [0.4, 0.5) is 0 Å². The highest BCUT2D eigenvalue weighted by molar-refractivity contribution is 9.10. The number of hydrogen-bond acceptors (Lipinski definition) is 5. The Morgan fingerprint density at radius 3 is 2.45 bits per heavy atom. The molecule has 0 saturated heterocycles. The third kappa shape index (κ3) is 4.93. The smallest absolute Gasteiger partial charge is 0.363 e. The van der Waals surface area contributed by atoms with Crippen molar-refractivity contribution in [3.05, 3.63) is 104 Å². The number of aliphatic imine (C=N–C) groups is 1. The Labute approximate surface area is 192 Å². The summed E-state index contributed by atoms with van der Waals surface area (Å²) in [5, 5.41) is 0.536. The van der Waals surface area contributed by atoms with Crippen LogP contribution >= 0.6 is 27.5 Å².